The maximum absolute atomic E-state index is 12.6. The molecule has 5 nitrogen and oxygen atoms in total. The van der Waals surface area contributed by atoms with Crippen LogP contribution in [0.2, 0.25) is 0 Å². The molecule has 0 fully saturated rings. The second-order valence-electron chi connectivity index (χ2n) is 5.25. The first-order valence-electron chi connectivity index (χ1n) is 7.62. The van der Waals surface area contributed by atoms with Gasteiger partial charge in [0.15, 0.2) is 0 Å². The highest BCUT2D eigenvalue weighted by Gasteiger charge is 2.15. The quantitative estimate of drug-likeness (QED) is 0.705. The predicted octanol–water partition coefficient (Wildman–Crippen LogP) is 4.13. The smallest absolute Gasteiger partial charge is 0.255 e. The number of thiazole rings is 1. The van der Waals surface area contributed by atoms with Crippen molar-refractivity contribution in [2.75, 3.05) is 14.2 Å². The number of rotatable bonds is 6. The fourth-order valence-electron chi connectivity index (χ4n) is 2.34. The van der Waals surface area contributed by atoms with Gasteiger partial charge in [-0.3, -0.25) is 4.79 Å². The van der Waals surface area contributed by atoms with Gasteiger partial charge in [-0.15, -0.1) is 22.7 Å². The number of methoxy groups -OCH3 is 2. The minimum Gasteiger partial charge on any atom is -0.497 e. The molecule has 0 bridgehead atoms. The monoisotopic (exact) mass is 374 g/mol. The number of nitrogens with one attached hydrogen (secondary N) is 1. The summed E-state index contributed by atoms with van der Waals surface area (Å²) < 4.78 is 10.5. The highest BCUT2D eigenvalue weighted by atomic mass is 32.1. The summed E-state index contributed by atoms with van der Waals surface area (Å²) in [6.45, 7) is 2.38. The van der Waals surface area contributed by atoms with E-state index < -0.39 is 0 Å². The average molecular weight is 374 g/mol. The Morgan fingerprint density at radius 3 is 2.76 bits per heavy atom. The standard InChI is InChI=1S/C18H18N2O3S2/c1-11-16(25-18(20-11)15-5-4-8-24-15)10-19-17(21)13-9-12(22-2)6-7-14(13)23-3/h4-9H,10H2,1-3H3,(H,19,21). The number of hydrogen-bond acceptors (Lipinski definition) is 6. The van der Waals surface area contributed by atoms with Crippen LogP contribution in [0.4, 0.5) is 0 Å². The van der Waals surface area contributed by atoms with Crippen molar-refractivity contribution >= 4 is 28.6 Å². The number of ether oxygens (including phenoxy) is 2. The van der Waals surface area contributed by atoms with Gasteiger partial charge in [-0.25, -0.2) is 4.98 Å². The van der Waals surface area contributed by atoms with Crippen LogP contribution in [0.5, 0.6) is 11.5 Å². The molecular weight excluding hydrogens is 356 g/mol. The number of thiophene rings is 1. The summed E-state index contributed by atoms with van der Waals surface area (Å²) >= 11 is 3.26. The fraction of sp³-hybridized carbons (Fsp3) is 0.222. The summed E-state index contributed by atoms with van der Waals surface area (Å²) in [7, 11) is 3.11. The number of aromatic nitrogens is 1. The van der Waals surface area contributed by atoms with Crippen molar-refractivity contribution in [3.8, 4) is 21.4 Å². The van der Waals surface area contributed by atoms with Gasteiger partial charge in [-0.1, -0.05) is 6.07 Å². The summed E-state index contributed by atoms with van der Waals surface area (Å²) in [5, 5.41) is 5.95. The number of aryl methyl sites for hydroxylation is 1. The lowest BCUT2D eigenvalue weighted by atomic mass is 10.1. The lowest BCUT2D eigenvalue weighted by Crippen LogP contribution is -2.23. The molecule has 0 saturated heterocycles. The van der Waals surface area contributed by atoms with Gasteiger partial charge in [0.1, 0.15) is 16.5 Å². The topological polar surface area (TPSA) is 60.5 Å². The zero-order valence-electron chi connectivity index (χ0n) is 14.2. The summed E-state index contributed by atoms with van der Waals surface area (Å²) in [5.41, 5.74) is 1.38. The van der Waals surface area contributed by atoms with E-state index in [0.29, 0.717) is 23.6 Å². The molecule has 1 aromatic carbocycles. The molecule has 25 heavy (non-hydrogen) atoms. The average Bonchev–Trinajstić information content (AvgIpc) is 3.28. The van der Waals surface area contributed by atoms with E-state index in [4.69, 9.17) is 9.47 Å². The summed E-state index contributed by atoms with van der Waals surface area (Å²) in [6, 6.07) is 9.21. The molecule has 1 amide bonds. The molecule has 0 aliphatic carbocycles. The van der Waals surface area contributed by atoms with Gasteiger partial charge in [-0.05, 0) is 36.6 Å². The van der Waals surface area contributed by atoms with E-state index in [2.05, 4.69) is 10.3 Å². The first-order valence-corrected chi connectivity index (χ1v) is 9.32. The minimum absolute atomic E-state index is 0.207. The van der Waals surface area contributed by atoms with Crippen LogP contribution >= 0.6 is 22.7 Å². The van der Waals surface area contributed by atoms with E-state index in [-0.39, 0.29) is 5.91 Å². The van der Waals surface area contributed by atoms with Gasteiger partial charge < -0.3 is 14.8 Å². The number of nitrogens with zero attached hydrogens (tertiary/aromatic N) is 1. The van der Waals surface area contributed by atoms with E-state index in [0.717, 1.165) is 20.5 Å². The molecule has 3 rings (SSSR count). The number of amides is 1. The van der Waals surface area contributed by atoms with Crippen LogP contribution < -0.4 is 14.8 Å². The van der Waals surface area contributed by atoms with Gasteiger partial charge in [0.05, 0.1) is 36.9 Å². The first kappa shape index (κ1) is 17.4. The molecule has 1 N–H and O–H groups in total. The molecule has 0 aliphatic rings. The Kier molecular flexibility index (Phi) is 5.35. The molecule has 0 saturated carbocycles. The molecule has 130 valence electrons. The third-order valence-corrected chi connectivity index (χ3v) is 5.88. The largest absolute Gasteiger partial charge is 0.497 e. The number of carbonyl (C=O) groups excluding carboxylic acids is 1. The van der Waals surface area contributed by atoms with Crippen molar-refractivity contribution in [3.05, 3.63) is 51.8 Å². The number of hydrogen-bond donors (Lipinski definition) is 1. The van der Waals surface area contributed by atoms with Crippen molar-refractivity contribution < 1.29 is 14.3 Å². The van der Waals surface area contributed by atoms with Gasteiger partial charge in [0.25, 0.3) is 5.91 Å². The molecule has 7 heteroatoms. The number of benzene rings is 1. The lowest BCUT2D eigenvalue weighted by molar-refractivity contribution is 0.0948. The highest BCUT2D eigenvalue weighted by Crippen LogP contribution is 2.31. The van der Waals surface area contributed by atoms with Crippen LogP contribution in [-0.2, 0) is 6.54 Å². The fourth-order valence-corrected chi connectivity index (χ4v) is 4.14. The van der Waals surface area contributed by atoms with Crippen molar-refractivity contribution in [3.63, 3.8) is 0 Å². The molecule has 0 atom stereocenters. The van der Waals surface area contributed by atoms with E-state index in [1.54, 1.807) is 55.1 Å². The normalized spacial score (nSPS) is 10.5. The van der Waals surface area contributed by atoms with Crippen LogP contribution in [-0.4, -0.2) is 25.1 Å². The van der Waals surface area contributed by atoms with Crippen molar-refractivity contribution in [1.82, 2.24) is 10.3 Å². The van der Waals surface area contributed by atoms with E-state index in [9.17, 15) is 4.79 Å². The van der Waals surface area contributed by atoms with Crippen LogP contribution in [0.15, 0.2) is 35.7 Å². The number of carbonyl (C=O) groups is 1. The second kappa shape index (κ2) is 7.67. The molecule has 2 aromatic heterocycles. The summed E-state index contributed by atoms with van der Waals surface area (Å²) in [4.78, 5) is 19.3. The van der Waals surface area contributed by atoms with Crippen LogP contribution in [0, 0.1) is 6.92 Å². The third-order valence-electron chi connectivity index (χ3n) is 3.69. The predicted molar refractivity (Wildman–Crippen MR) is 101 cm³/mol. The lowest BCUT2D eigenvalue weighted by Gasteiger charge is -2.10. The SMILES string of the molecule is COc1ccc(OC)c(C(=O)NCc2sc(-c3cccs3)nc2C)c1. The van der Waals surface area contributed by atoms with E-state index in [1.807, 2.05) is 24.4 Å². The van der Waals surface area contributed by atoms with Crippen molar-refractivity contribution in [2.45, 2.75) is 13.5 Å². The highest BCUT2D eigenvalue weighted by molar-refractivity contribution is 7.21. The zero-order valence-corrected chi connectivity index (χ0v) is 15.8. The minimum atomic E-state index is -0.207. The van der Waals surface area contributed by atoms with Gasteiger partial charge in [0, 0.05) is 4.88 Å². The Labute approximate surface area is 154 Å². The molecule has 2 heterocycles. The Bertz CT molecular complexity index is 873. The van der Waals surface area contributed by atoms with Crippen LogP contribution in [0.1, 0.15) is 20.9 Å². The van der Waals surface area contributed by atoms with Crippen LogP contribution in [0.3, 0.4) is 0 Å². The Balaban J connectivity index is 1.75. The van der Waals surface area contributed by atoms with Gasteiger partial charge in [-0.2, -0.15) is 0 Å². The van der Waals surface area contributed by atoms with Crippen molar-refractivity contribution in [1.29, 1.82) is 0 Å². The third kappa shape index (κ3) is 3.83. The summed E-state index contributed by atoms with van der Waals surface area (Å²) in [5.74, 6) is 0.916. The second-order valence-corrected chi connectivity index (χ2v) is 7.29. The summed E-state index contributed by atoms with van der Waals surface area (Å²) in [6.07, 6.45) is 0. The molecule has 3 aromatic rings. The molecule has 0 unspecified atom stereocenters. The molecule has 0 spiro atoms. The molecule has 0 radical (unpaired) electrons. The van der Waals surface area contributed by atoms with Crippen molar-refractivity contribution in [2.24, 2.45) is 0 Å². The van der Waals surface area contributed by atoms with E-state index in [1.165, 1.54) is 0 Å². The Hall–Kier alpha value is -2.38. The first-order chi connectivity index (χ1) is 12.1. The zero-order chi connectivity index (χ0) is 17.8. The van der Waals surface area contributed by atoms with Gasteiger partial charge in [0.2, 0.25) is 0 Å². The molecule has 0 aliphatic heterocycles. The molecular formula is C18H18N2O3S2. The maximum Gasteiger partial charge on any atom is 0.255 e. The maximum atomic E-state index is 12.6. The Morgan fingerprint density at radius 2 is 2.08 bits per heavy atom. The van der Waals surface area contributed by atoms with E-state index >= 15 is 0 Å². The Morgan fingerprint density at radius 1 is 1.24 bits per heavy atom. The van der Waals surface area contributed by atoms with Crippen LogP contribution in [0.25, 0.3) is 9.88 Å². The van der Waals surface area contributed by atoms with Gasteiger partial charge >= 0.3 is 0 Å².